The molecule has 0 spiro atoms. The molecule has 0 aliphatic carbocycles. The standard InChI is InChI=1S/C12H26N2O/c1-2-15-11-3-8-14-9-5-12(4-7-13)6-10-14/h12H,2-11,13H2,1H3. The SMILES string of the molecule is CCOCCCN1CCC(CCN)CC1. The van der Waals surface area contributed by atoms with Crippen LogP contribution in [0.15, 0.2) is 0 Å². The Morgan fingerprint density at radius 1 is 1.33 bits per heavy atom. The van der Waals surface area contributed by atoms with Gasteiger partial charge in [-0.1, -0.05) is 0 Å². The first kappa shape index (κ1) is 12.9. The van der Waals surface area contributed by atoms with Crippen molar-refractivity contribution in [1.29, 1.82) is 0 Å². The van der Waals surface area contributed by atoms with Gasteiger partial charge in [0.25, 0.3) is 0 Å². The van der Waals surface area contributed by atoms with E-state index in [1.54, 1.807) is 0 Å². The quantitative estimate of drug-likeness (QED) is 0.652. The summed E-state index contributed by atoms with van der Waals surface area (Å²) in [6, 6.07) is 0. The van der Waals surface area contributed by atoms with E-state index in [4.69, 9.17) is 10.5 Å². The highest BCUT2D eigenvalue weighted by Crippen LogP contribution is 2.19. The number of piperidine rings is 1. The lowest BCUT2D eigenvalue weighted by atomic mass is 9.93. The molecule has 0 unspecified atom stereocenters. The average molecular weight is 214 g/mol. The first-order valence-corrected chi connectivity index (χ1v) is 6.37. The zero-order chi connectivity index (χ0) is 10.9. The molecule has 0 saturated carbocycles. The monoisotopic (exact) mass is 214 g/mol. The Bertz CT molecular complexity index is 142. The van der Waals surface area contributed by atoms with Crippen molar-refractivity contribution in [2.45, 2.75) is 32.6 Å². The first-order chi connectivity index (χ1) is 7.36. The summed E-state index contributed by atoms with van der Waals surface area (Å²) >= 11 is 0. The van der Waals surface area contributed by atoms with Crippen molar-refractivity contribution in [3.63, 3.8) is 0 Å². The summed E-state index contributed by atoms with van der Waals surface area (Å²) in [5.74, 6) is 0.887. The van der Waals surface area contributed by atoms with Gasteiger partial charge in [0.2, 0.25) is 0 Å². The zero-order valence-corrected chi connectivity index (χ0v) is 10.1. The predicted molar refractivity (Wildman–Crippen MR) is 63.9 cm³/mol. The van der Waals surface area contributed by atoms with Crippen LogP contribution >= 0.6 is 0 Å². The molecule has 1 saturated heterocycles. The van der Waals surface area contributed by atoms with E-state index in [0.29, 0.717) is 0 Å². The Hall–Kier alpha value is -0.120. The molecule has 0 bridgehead atoms. The molecule has 1 heterocycles. The second-order valence-corrected chi connectivity index (χ2v) is 4.41. The molecule has 0 aromatic carbocycles. The molecule has 3 nitrogen and oxygen atoms in total. The average Bonchev–Trinajstić information content (AvgIpc) is 2.27. The van der Waals surface area contributed by atoms with Gasteiger partial charge in [-0.25, -0.2) is 0 Å². The number of rotatable bonds is 7. The van der Waals surface area contributed by atoms with E-state index in [9.17, 15) is 0 Å². The van der Waals surface area contributed by atoms with Crippen molar-refractivity contribution >= 4 is 0 Å². The van der Waals surface area contributed by atoms with Gasteiger partial charge in [-0.15, -0.1) is 0 Å². The molecule has 3 heteroatoms. The Morgan fingerprint density at radius 2 is 2.07 bits per heavy atom. The summed E-state index contributed by atoms with van der Waals surface area (Å²) in [7, 11) is 0. The van der Waals surface area contributed by atoms with E-state index in [0.717, 1.165) is 25.7 Å². The second-order valence-electron chi connectivity index (χ2n) is 4.41. The van der Waals surface area contributed by atoms with Crippen LogP contribution in [-0.4, -0.2) is 44.3 Å². The first-order valence-electron chi connectivity index (χ1n) is 6.37. The molecule has 1 rings (SSSR count). The highest BCUT2D eigenvalue weighted by Gasteiger charge is 2.17. The maximum absolute atomic E-state index is 5.58. The van der Waals surface area contributed by atoms with Crippen molar-refractivity contribution in [3.05, 3.63) is 0 Å². The van der Waals surface area contributed by atoms with Crippen molar-refractivity contribution < 1.29 is 4.74 Å². The van der Waals surface area contributed by atoms with E-state index < -0.39 is 0 Å². The number of nitrogens with zero attached hydrogens (tertiary/aromatic N) is 1. The predicted octanol–water partition coefficient (Wildman–Crippen LogP) is 1.47. The molecule has 0 atom stereocenters. The van der Waals surface area contributed by atoms with Gasteiger partial charge in [0, 0.05) is 19.8 Å². The highest BCUT2D eigenvalue weighted by molar-refractivity contribution is 4.72. The summed E-state index contributed by atoms with van der Waals surface area (Å²) in [5.41, 5.74) is 5.58. The van der Waals surface area contributed by atoms with Gasteiger partial charge >= 0.3 is 0 Å². The van der Waals surface area contributed by atoms with Crippen LogP contribution in [-0.2, 0) is 4.74 Å². The Kier molecular flexibility index (Phi) is 6.98. The van der Waals surface area contributed by atoms with Gasteiger partial charge in [0.1, 0.15) is 0 Å². The molecule has 0 aromatic rings. The summed E-state index contributed by atoms with van der Waals surface area (Å²) in [4.78, 5) is 2.56. The molecule has 15 heavy (non-hydrogen) atoms. The number of nitrogens with two attached hydrogens (primary N) is 1. The van der Waals surface area contributed by atoms with Crippen LogP contribution in [0, 0.1) is 5.92 Å². The van der Waals surface area contributed by atoms with E-state index in [1.165, 1.54) is 45.3 Å². The smallest absolute Gasteiger partial charge is 0.0478 e. The van der Waals surface area contributed by atoms with Crippen molar-refractivity contribution in [1.82, 2.24) is 4.90 Å². The van der Waals surface area contributed by atoms with Crippen molar-refractivity contribution in [3.8, 4) is 0 Å². The Labute approximate surface area is 94.0 Å². The van der Waals surface area contributed by atoms with Crippen LogP contribution in [0.25, 0.3) is 0 Å². The molecule has 0 aromatic heterocycles. The molecule has 90 valence electrons. The third kappa shape index (κ3) is 5.50. The fraction of sp³-hybridized carbons (Fsp3) is 1.00. The summed E-state index contributed by atoms with van der Waals surface area (Å²) < 4.78 is 5.34. The topological polar surface area (TPSA) is 38.5 Å². The molecule has 2 N–H and O–H groups in total. The molecular weight excluding hydrogens is 188 g/mol. The van der Waals surface area contributed by atoms with Crippen LogP contribution in [0.1, 0.15) is 32.6 Å². The van der Waals surface area contributed by atoms with Crippen molar-refractivity contribution in [2.75, 3.05) is 39.4 Å². The number of hydrogen-bond acceptors (Lipinski definition) is 3. The number of likely N-dealkylation sites (tertiary alicyclic amines) is 1. The van der Waals surface area contributed by atoms with E-state index >= 15 is 0 Å². The maximum Gasteiger partial charge on any atom is 0.0478 e. The summed E-state index contributed by atoms with van der Waals surface area (Å²) in [6.45, 7) is 8.40. The van der Waals surface area contributed by atoms with Crippen LogP contribution in [0.2, 0.25) is 0 Å². The lowest BCUT2D eigenvalue weighted by Gasteiger charge is -2.31. The minimum Gasteiger partial charge on any atom is -0.382 e. The Balaban J connectivity index is 1.99. The highest BCUT2D eigenvalue weighted by atomic mass is 16.5. The van der Waals surface area contributed by atoms with Crippen LogP contribution in [0.3, 0.4) is 0 Å². The fourth-order valence-corrected chi connectivity index (χ4v) is 2.27. The minimum atomic E-state index is 0.846. The second kappa shape index (κ2) is 8.08. The Morgan fingerprint density at radius 3 is 2.67 bits per heavy atom. The van der Waals surface area contributed by atoms with E-state index in [2.05, 4.69) is 11.8 Å². The molecule has 0 amide bonds. The third-order valence-electron chi connectivity index (χ3n) is 3.25. The van der Waals surface area contributed by atoms with Gasteiger partial charge < -0.3 is 15.4 Å². The van der Waals surface area contributed by atoms with E-state index in [1.807, 2.05) is 0 Å². The molecule has 0 radical (unpaired) electrons. The van der Waals surface area contributed by atoms with Crippen molar-refractivity contribution in [2.24, 2.45) is 11.7 Å². The molecule has 1 aliphatic heterocycles. The molecular formula is C12H26N2O. The number of hydrogen-bond donors (Lipinski definition) is 1. The van der Waals surface area contributed by atoms with Crippen LogP contribution in [0.5, 0.6) is 0 Å². The maximum atomic E-state index is 5.58. The van der Waals surface area contributed by atoms with Gasteiger partial charge in [-0.2, -0.15) is 0 Å². The van der Waals surface area contributed by atoms with Crippen LogP contribution < -0.4 is 5.73 Å². The van der Waals surface area contributed by atoms with Gasteiger partial charge in [0.05, 0.1) is 0 Å². The largest absolute Gasteiger partial charge is 0.382 e. The normalized spacial score (nSPS) is 19.6. The summed E-state index contributed by atoms with van der Waals surface area (Å²) in [5, 5.41) is 0. The molecule has 1 fully saturated rings. The van der Waals surface area contributed by atoms with Gasteiger partial charge in [-0.3, -0.25) is 0 Å². The third-order valence-corrected chi connectivity index (χ3v) is 3.25. The number of ether oxygens (including phenoxy) is 1. The lowest BCUT2D eigenvalue weighted by molar-refractivity contribution is 0.120. The summed E-state index contributed by atoms with van der Waals surface area (Å²) in [6.07, 6.45) is 5.07. The van der Waals surface area contributed by atoms with Gasteiger partial charge in [-0.05, 0) is 58.2 Å². The zero-order valence-electron chi connectivity index (χ0n) is 10.1. The van der Waals surface area contributed by atoms with Crippen LogP contribution in [0.4, 0.5) is 0 Å². The lowest BCUT2D eigenvalue weighted by Crippen LogP contribution is -2.35. The minimum absolute atomic E-state index is 0.846. The fourth-order valence-electron chi connectivity index (χ4n) is 2.27. The van der Waals surface area contributed by atoms with E-state index in [-0.39, 0.29) is 0 Å². The molecule has 1 aliphatic rings. The van der Waals surface area contributed by atoms with Gasteiger partial charge in [0.15, 0.2) is 0 Å².